The van der Waals surface area contributed by atoms with Crippen LogP contribution in [0.25, 0.3) is 16.5 Å². The molecule has 1 spiro atoms. The molecular weight excluding hydrogens is 389 g/mol. The van der Waals surface area contributed by atoms with Crippen molar-refractivity contribution >= 4 is 28.2 Å². The van der Waals surface area contributed by atoms with Gasteiger partial charge in [0.2, 0.25) is 0 Å². The standard InChI is InChI=1S/C24H13ClFNO2/c25-15-6-5-14-12-24(22(28)18(14)10-15)19-11-16(26)7-8-20(19)27-21(24)9-13-3-1-2-4-17(13)23(27)29/h1-11H,12H2. The zero-order valence-electron chi connectivity index (χ0n) is 15.1. The van der Waals surface area contributed by atoms with Crippen molar-refractivity contribution in [3.63, 3.8) is 0 Å². The number of carbonyl (C=O) groups excluding carboxylic acids is 1. The monoisotopic (exact) mass is 401 g/mol. The Hall–Kier alpha value is -3.24. The fraction of sp³-hybridized carbons (Fsp3) is 0.0833. The summed E-state index contributed by atoms with van der Waals surface area (Å²) in [5, 5.41) is 1.80. The topological polar surface area (TPSA) is 39.1 Å². The minimum Gasteiger partial charge on any atom is -0.293 e. The summed E-state index contributed by atoms with van der Waals surface area (Å²) in [6.45, 7) is 0. The van der Waals surface area contributed by atoms with E-state index in [4.69, 9.17) is 11.6 Å². The Morgan fingerprint density at radius 3 is 2.66 bits per heavy atom. The summed E-state index contributed by atoms with van der Waals surface area (Å²) >= 11 is 6.15. The van der Waals surface area contributed by atoms with Gasteiger partial charge in [0.25, 0.3) is 5.56 Å². The number of halogens is 2. The molecule has 3 aromatic carbocycles. The molecule has 5 heteroatoms. The molecule has 1 atom stereocenters. The van der Waals surface area contributed by atoms with Crippen LogP contribution in [-0.2, 0) is 11.8 Å². The Balaban J connectivity index is 1.78. The van der Waals surface area contributed by atoms with Gasteiger partial charge in [-0.2, -0.15) is 0 Å². The van der Waals surface area contributed by atoms with E-state index < -0.39 is 11.2 Å². The fourth-order valence-electron chi connectivity index (χ4n) is 4.93. The number of nitrogens with zero attached hydrogens (tertiary/aromatic N) is 1. The summed E-state index contributed by atoms with van der Waals surface area (Å²) in [5.41, 5.74) is 1.72. The quantitative estimate of drug-likeness (QED) is 0.423. The molecule has 1 aromatic heterocycles. The van der Waals surface area contributed by atoms with Crippen molar-refractivity contribution in [1.82, 2.24) is 4.57 Å². The first-order valence-electron chi connectivity index (χ1n) is 9.29. The number of rotatable bonds is 0. The fourth-order valence-corrected chi connectivity index (χ4v) is 5.10. The molecule has 0 amide bonds. The minimum absolute atomic E-state index is 0.150. The Labute approximate surface area is 170 Å². The number of fused-ring (bicyclic) bond motifs is 7. The van der Waals surface area contributed by atoms with E-state index >= 15 is 0 Å². The Morgan fingerprint density at radius 1 is 0.966 bits per heavy atom. The van der Waals surface area contributed by atoms with Gasteiger partial charge >= 0.3 is 0 Å². The summed E-state index contributed by atoms with van der Waals surface area (Å²) in [7, 11) is 0. The molecule has 0 N–H and O–H groups in total. The molecule has 140 valence electrons. The highest BCUT2D eigenvalue weighted by Gasteiger charge is 2.54. The highest BCUT2D eigenvalue weighted by molar-refractivity contribution is 6.31. The molecule has 0 radical (unpaired) electrons. The zero-order valence-corrected chi connectivity index (χ0v) is 15.8. The summed E-state index contributed by atoms with van der Waals surface area (Å²) in [6.07, 6.45) is 0.368. The van der Waals surface area contributed by atoms with Crippen LogP contribution in [0.2, 0.25) is 5.02 Å². The third kappa shape index (κ3) is 1.97. The van der Waals surface area contributed by atoms with E-state index in [-0.39, 0.29) is 11.3 Å². The second-order valence-corrected chi connectivity index (χ2v) is 8.07. The van der Waals surface area contributed by atoms with Crippen LogP contribution < -0.4 is 5.56 Å². The van der Waals surface area contributed by atoms with Crippen LogP contribution >= 0.6 is 11.6 Å². The van der Waals surface area contributed by atoms with Crippen molar-refractivity contribution in [1.29, 1.82) is 0 Å². The second-order valence-electron chi connectivity index (χ2n) is 7.63. The molecule has 2 aliphatic rings. The van der Waals surface area contributed by atoms with Crippen LogP contribution in [0.5, 0.6) is 0 Å². The summed E-state index contributed by atoms with van der Waals surface area (Å²) in [4.78, 5) is 27.1. The first kappa shape index (κ1) is 16.7. The van der Waals surface area contributed by atoms with Gasteiger partial charge in [0, 0.05) is 21.7 Å². The second kappa shape index (κ2) is 5.43. The Morgan fingerprint density at radius 2 is 1.79 bits per heavy atom. The van der Waals surface area contributed by atoms with Crippen LogP contribution in [0, 0.1) is 5.82 Å². The maximum Gasteiger partial charge on any atom is 0.263 e. The predicted octanol–water partition coefficient (Wildman–Crippen LogP) is 4.82. The molecule has 6 rings (SSSR count). The normalized spacial score (nSPS) is 18.9. The number of aromatic nitrogens is 1. The highest BCUT2D eigenvalue weighted by Crippen LogP contribution is 2.51. The number of benzene rings is 3. The first-order chi connectivity index (χ1) is 14.0. The van der Waals surface area contributed by atoms with E-state index in [1.807, 2.05) is 30.3 Å². The van der Waals surface area contributed by atoms with Gasteiger partial charge in [0.15, 0.2) is 5.78 Å². The average Bonchev–Trinajstić information content (AvgIpc) is 3.16. The summed E-state index contributed by atoms with van der Waals surface area (Å²) in [6, 6.07) is 18.7. The zero-order chi connectivity index (χ0) is 19.9. The number of hydrogen-bond donors (Lipinski definition) is 0. The van der Waals surface area contributed by atoms with Gasteiger partial charge in [-0.1, -0.05) is 35.9 Å². The molecule has 0 saturated carbocycles. The van der Waals surface area contributed by atoms with Gasteiger partial charge in [0.05, 0.1) is 5.69 Å². The van der Waals surface area contributed by atoms with E-state index in [9.17, 15) is 14.0 Å². The lowest BCUT2D eigenvalue weighted by molar-refractivity contribution is 0.0930. The maximum atomic E-state index is 14.3. The maximum absolute atomic E-state index is 14.3. The molecule has 4 aromatic rings. The van der Waals surface area contributed by atoms with Crippen molar-refractivity contribution in [2.75, 3.05) is 0 Å². The first-order valence-corrected chi connectivity index (χ1v) is 9.67. The van der Waals surface area contributed by atoms with E-state index in [0.717, 1.165) is 10.9 Å². The van der Waals surface area contributed by atoms with E-state index in [2.05, 4.69) is 0 Å². The number of carbonyl (C=O) groups is 1. The average molecular weight is 402 g/mol. The Bertz CT molecular complexity index is 1460. The molecule has 1 aliphatic carbocycles. The molecule has 0 saturated heterocycles. The lowest BCUT2D eigenvalue weighted by Crippen LogP contribution is -2.34. The molecule has 3 nitrogen and oxygen atoms in total. The largest absolute Gasteiger partial charge is 0.293 e. The number of ketones is 1. The number of Topliss-reactive ketones (excluding diaryl/α,β-unsaturated/α-hetero) is 1. The van der Waals surface area contributed by atoms with Crippen molar-refractivity contribution in [2.24, 2.45) is 0 Å². The van der Waals surface area contributed by atoms with Gasteiger partial charge in [-0.05, 0) is 65.4 Å². The molecule has 0 fully saturated rings. The Kier molecular flexibility index (Phi) is 3.12. The van der Waals surface area contributed by atoms with Crippen LogP contribution in [0.15, 0.2) is 71.5 Å². The minimum atomic E-state index is -1.13. The molecule has 1 unspecified atom stereocenters. The van der Waals surface area contributed by atoms with Crippen LogP contribution in [0.4, 0.5) is 4.39 Å². The summed E-state index contributed by atoms with van der Waals surface area (Å²) < 4.78 is 15.9. The smallest absolute Gasteiger partial charge is 0.263 e. The van der Waals surface area contributed by atoms with Crippen molar-refractivity contribution in [3.05, 3.63) is 110 Å². The van der Waals surface area contributed by atoms with E-state index in [1.54, 1.807) is 28.8 Å². The molecular formula is C24H13ClFNO2. The van der Waals surface area contributed by atoms with Crippen LogP contribution in [0.3, 0.4) is 0 Å². The van der Waals surface area contributed by atoms with Crippen molar-refractivity contribution in [2.45, 2.75) is 11.8 Å². The summed E-state index contributed by atoms with van der Waals surface area (Å²) in [5.74, 6) is -0.585. The lowest BCUT2D eigenvalue weighted by atomic mass is 9.75. The molecule has 2 heterocycles. The predicted molar refractivity (Wildman–Crippen MR) is 110 cm³/mol. The van der Waals surface area contributed by atoms with Gasteiger partial charge in [-0.25, -0.2) is 4.39 Å². The van der Waals surface area contributed by atoms with Gasteiger partial charge in [-0.15, -0.1) is 0 Å². The van der Waals surface area contributed by atoms with E-state index in [1.165, 1.54) is 12.1 Å². The van der Waals surface area contributed by atoms with Gasteiger partial charge in [-0.3, -0.25) is 14.2 Å². The third-order valence-electron chi connectivity index (χ3n) is 6.18. The van der Waals surface area contributed by atoms with Gasteiger partial charge < -0.3 is 0 Å². The van der Waals surface area contributed by atoms with E-state index in [0.29, 0.717) is 39.3 Å². The highest BCUT2D eigenvalue weighted by atomic mass is 35.5. The van der Waals surface area contributed by atoms with Crippen molar-refractivity contribution in [3.8, 4) is 5.69 Å². The number of hydrogen-bond acceptors (Lipinski definition) is 2. The molecule has 29 heavy (non-hydrogen) atoms. The van der Waals surface area contributed by atoms with Gasteiger partial charge in [0.1, 0.15) is 11.2 Å². The molecule has 1 aliphatic heterocycles. The van der Waals surface area contributed by atoms with Crippen LogP contribution in [-0.4, -0.2) is 10.4 Å². The number of pyridine rings is 1. The van der Waals surface area contributed by atoms with Crippen molar-refractivity contribution < 1.29 is 9.18 Å². The third-order valence-corrected chi connectivity index (χ3v) is 6.42. The lowest BCUT2D eigenvalue weighted by Gasteiger charge is -2.23. The SMILES string of the molecule is O=C1c2cc(Cl)ccc2CC12c1cc(F)ccc1-n1c2cc2ccccc2c1=O. The van der Waals surface area contributed by atoms with Crippen LogP contribution in [0.1, 0.15) is 27.2 Å². The molecule has 0 bridgehead atoms.